The predicted octanol–water partition coefficient (Wildman–Crippen LogP) is -0.0826. The number of benzene rings is 1. The van der Waals surface area contributed by atoms with Crippen LogP contribution in [0.15, 0.2) is 23.1 Å². The first-order chi connectivity index (χ1) is 11.7. The number of carboxylic acids is 1. The average molecular weight is 372 g/mol. The Labute approximate surface area is 145 Å². The minimum atomic E-state index is -3.83. The molecule has 0 spiro atoms. The molecule has 1 aliphatic rings. The van der Waals surface area contributed by atoms with E-state index < -0.39 is 34.1 Å². The Morgan fingerprint density at radius 3 is 2.60 bits per heavy atom. The van der Waals surface area contributed by atoms with Crippen LogP contribution >= 0.6 is 0 Å². The van der Waals surface area contributed by atoms with Gasteiger partial charge in [0.05, 0.1) is 19.8 Å². The first-order valence-electron chi connectivity index (χ1n) is 7.48. The highest BCUT2D eigenvalue weighted by molar-refractivity contribution is 7.89. The lowest BCUT2D eigenvalue weighted by atomic mass is 10.1. The summed E-state index contributed by atoms with van der Waals surface area (Å²) < 4.78 is 36.7. The van der Waals surface area contributed by atoms with E-state index in [-0.39, 0.29) is 29.3 Å². The number of morpholine rings is 1. The van der Waals surface area contributed by atoms with Gasteiger partial charge in [-0.3, -0.25) is 4.79 Å². The third-order valence-electron chi connectivity index (χ3n) is 3.79. The Bertz CT molecular complexity index is 778. The van der Waals surface area contributed by atoms with Gasteiger partial charge in [-0.25, -0.2) is 17.9 Å². The van der Waals surface area contributed by atoms with Gasteiger partial charge in [0.15, 0.2) is 6.10 Å². The summed E-state index contributed by atoms with van der Waals surface area (Å²) >= 11 is 0. The molecule has 25 heavy (non-hydrogen) atoms. The van der Waals surface area contributed by atoms with Crippen molar-refractivity contribution in [3.05, 3.63) is 23.8 Å². The molecular formula is C15H20N2O7S. The lowest BCUT2D eigenvalue weighted by Gasteiger charge is -2.35. The SMILES string of the molecule is CNS(=O)(=O)c1cc(C(=O)N2CC(C(=O)O)O[C@H](C)C2)ccc1OC. The van der Waals surface area contributed by atoms with Crippen LogP contribution in [0, 0.1) is 0 Å². The predicted molar refractivity (Wildman–Crippen MR) is 87.1 cm³/mol. The Morgan fingerprint density at radius 1 is 1.36 bits per heavy atom. The van der Waals surface area contributed by atoms with E-state index in [2.05, 4.69) is 4.72 Å². The number of carbonyl (C=O) groups is 2. The second-order valence-electron chi connectivity index (χ2n) is 5.56. The number of sulfonamides is 1. The van der Waals surface area contributed by atoms with Crippen LogP contribution in [0.5, 0.6) is 5.75 Å². The first kappa shape index (κ1) is 19.2. The van der Waals surface area contributed by atoms with Gasteiger partial charge in [-0.15, -0.1) is 0 Å². The van der Waals surface area contributed by atoms with Crippen molar-refractivity contribution >= 4 is 21.9 Å². The van der Waals surface area contributed by atoms with Gasteiger partial charge in [0.25, 0.3) is 5.91 Å². The number of nitrogens with one attached hydrogen (secondary N) is 1. The van der Waals surface area contributed by atoms with E-state index in [0.717, 1.165) is 0 Å². The molecule has 2 rings (SSSR count). The van der Waals surface area contributed by atoms with Crippen LogP contribution in [0.1, 0.15) is 17.3 Å². The number of ether oxygens (including phenoxy) is 2. The smallest absolute Gasteiger partial charge is 0.334 e. The highest BCUT2D eigenvalue weighted by Gasteiger charge is 2.33. The molecule has 0 saturated carbocycles. The fraction of sp³-hybridized carbons (Fsp3) is 0.467. The summed E-state index contributed by atoms with van der Waals surface area (Å²) in [4.78, 5) is 25.0. The van der Waals surface area contributed by atoms with Crippen LogP contribution in [-0.4, -0.2) is 69.8 Å². The third kappa shape index (κ3) is 4.09. The number of nitrogens with zero attached hydrogens (tertiary/aromatic N) is 1. The highest BCUT2D eigenvalue weighted by atomic mass is 32.2. The molecule has 0 aliphatic carbocycles. The molecular weight excluding hydrogens is 352 g/mol. The maximum Gasteiger partial charge on any atom is 0.334 e. The first-order valence-corrected chi connectivity index (χ1v) is 8.97. The van der Waals surface area contributed by atoms with Gasteiger partial charge < -0.3 is 19.5 Å². The second kappa shape index (κ2) is 7.38. The van der Waals surface area contributed by atoms with Crippen LogP contribution in [0.2, 0.25) is 0 Å². The summed E-state index contributed by atoms with van der Waals surface area (Å²) in [5, 5.41) is 9.11. The van der Waals surface area contributed by atoms with Crippen LogP contribution in [-0.2, 0) is 19.6 Å². The zero-order valence-corrected chi connectivity index (χ0v) is 14.9. The molecule has 1 saturated heterocycles. The Balaban J connectivity index is 2.36. The normalized spacial score (nSPS) is 21.0. The monoisotopic (exact) mass is 372 g/mol. The van der Waals surface area contributed by atoms with Gasteiger partial charge in [-0.1, -0.05) is 0 Å². The number of hydrogen-bond donors (Lipinski definition) is 2. The molecule has 1 fully saturated rings. The Morgan fingerprint density at radius 2 is 2.04 bits per heavy atom. The van der Waals surface area contributed by atoms with Gasteiger partial charge in [-0.05, 0) is 32.2 Å². The number of hydrogen-bond acceptors (Lipinski definition) is 6. The molecule has 10 heteroatoms. The Kier molecular flexibility index (Phi) is 5.65. The van der Waals surface area contributed by atoms with Crippen molar-refractivity contribution < 1.29 is 32.6 Å². The molecule has 1 heterocycles. The second-order valence-corrected chi connectivity index (χ2v) is 7.41. The molecule has 9 nitrogen and oxygen atoms in total. The van der Waals surface area contributed by atoms with E-state index in [0.29, 0.717) is 0 Å². The summed E-state index contributed by atoms with van der Waals surface area (Å²) in [7, 11) is -1.25. The third-order valence-corrected chi connectivity index (χ3v) is 5.23. The van der Waals surface area contributed by atoms with Crippen molar-refractivity contribution in [1.29, 1.82) is 0 Å². The maximum absolute atomic E-state index is 12.7. The minimum Gasteiger partial charge on any atom is -0.495 e. The van der Waals surface area contributed by atoms with E-state index in [1.807, 2.05) is 0 Å². The zero-order valence-electron chi connectivity index (χ0n) is 14.1. The molecule has 0 aromatic heterocycles. The van der Waals surface area contributed by atoms with E-state index in [9.17, 15) is 18.0 Å². The average Bonchev–Trinajstić information content (AvgIpc) is 2.59. The molecule has 0 bridgehead atoms. The quantitative estimate of drug-likeness (QED) is 0.741. The van der Waals surface area contributed by atoms with Gasteiger partial charge in [0.2, 0.25) is 10.0 Å². The van der Waals surface area contributed by atoms with E-state index in [4.69, 9.17) is 14.6 Å². The number of carboxylic acid groups (broad SMARTS) is 1. The number of rotatable bonds is 5. The van der Waals surface area contributed by atoms with Gasteiger partial charge in [0.1, 0.15) is 10.6 Å². The van der Waals surface area contributed by atoms with Gasteiger partial charge in [-0.2, -0.15) is 0 Å². The molecule has 1 aliphatic heterocycles. The molecule has 1 aromatic carbocycles. The van der Waals surface area contributed by atoms with Gasteiger partial charge >= 0.3 is 5.97 Å². The number of amides is 1. The number of carbonyl (C=O) groups excluding carboxylic acids is 1. The fourth-order valence-electron chi connectivity index (χ4n) is 2.57. The molecule has 1 unspecified atom stereocenters. The van der Waals surface area contributed by atoms with E-state index >= 15 is 0 Å². The molecule has 138 valence electrons. The summed E-state index contributed by atoms with van der Waals surface area (Å²) in [6.45, 7) is 1.77. The van der Waals surface area contributed by atoms with Crippen LogP contribution in [0.25, 0.3) is 0 Å². The highest BCUT2D eigenvalue weighted by Crippen LogP contribution is 2.26. The summed E-state index contributed by atoms with van der Waals surface area (Å²) in [5.74, 6) is -1.53. The van der Waals surface area contributed by atoms with Crippen LogP contribution in [0.3, 0.4) is 0 Å². The van der Waals surface area contributed by atoms with Crippen molar-refractivity contribution in [3.63, 3.8) is 0 Å². The summed E-state index contributed by atoms with van der Waals surface area (Å²) in [6.07, 6.45) is -1.57. The van der Waals surface area contributed by atoms with Crippen molar-refractivity contribution in [2.24, 2.45) is 0 Å². The molecule has 1 amide bonds. The van der Waals surface area contributed by atoms with Crippen LogP contribution < -0.4 is 9.46 Å². The maximum atomic E-state index is 12.7. The van der Waals surface area contributed by atoms with E-state index in [1.165, 1.54) is 37.3 Å². The van der Waals surface area contributed by atoms with Crippen molar-refractivity contribution in [2.75, 3.05) is 27.2 Å². The van der Waals surface area contributed by atoms with E-state index in [1.54, 1.807) is 6.92 Å². The topological polar surface area (TPSA) is 122 Å². The standard InChI is InChI=1S/C15H20N2O7S/c1-9-7-17(8-12(24-9)15(19)20)14(18)10-4-5-11(23-3)13(6-10)25(21,22)16-2/h4-6,9,12,16H,7-8H2,1-3H3,(H,19,20)/t9-,12?/m1/s1. The number of methoxy groups -OCH3 is 1. The summed E-state index contributed by atoms with van der Waals surface area (Å²) in [5.41, 5.74) is 0.118. The molecule has 2 N–H and O–H groups in total. The number of aliphatic carboxylic acids is 1. The Hall–Kier alpha value is -2.17. The molecule has 0 radical (unpaired) electrons. The molecule has 1 aromatic rings. The zero-order chi connectivity index (χ0) is 18.8. The van der Waals surface area contributed by atoms with Gasteiger partial charge in [0, 0.05) is 12.1 Å². The molecule has 2 atom stereocenters. The lowest BCUT2D eigenvalue weighted by molar-refractivity contribution is -0.160. The summed E-state index contributed by atoms with van der Waals surface area (Å²) in [6, 6.07) is 4.03. The van der Waals surface area contributed by atoms with Crippen molar-refractivity contribution in [1.82, 2.24) is 9.62 Å². The van der Waals surface area contributed by atoms with Crippen LogP contribution in [0.4, 0.5) is 0 Å². The van der Waals surface area contributed by atoms with Crippen molar-refractivity contribution in [3.8, 4) is 5.75 Å². The lowest BCUT2D eigenvalue weighted by Crippen LogP contribution is -2.51. The fourth-order valence-corrected chi connectivity index (χ4v) is 3.48. The largest absolute Gasteiger partial charge is 0.495 e. The van der Waals surface area contributed by atoms with Crippen molar-refractivity contribution in [2.45, 2.75) is 24.0 Å². The minimum absolute atomic E-state index is 0.102.